The Bertz CT molecular complexity index is 114. The Balaban J connectivity index is 3.05. The van der Waals surface area contributed by atoms with Crippen LogP contribution in [0, 0.1) is 0 Å². The molecule has 0 aromatic carbocycles. The second kappa shape index (κ2) is 1.71. The maximum atomic E-state index is 3.21. The molecule has 0 fully saturated rings. The highest BCUT2D eigenvalue weighted by atomic mass is 79.9. The van der Waals surface area contributed by atoms with Crippen molar-refractivity contribution < 1.29 is 3.59 Å². The lowest BCUT2D eigenvalue weighted by Gasteiger charge is -1.55. The van der Waals surface area contributed by atoms with Crippen molar-refractivity contribution in [2.75, 3.05) is 0 Å². The van der Waals surface area contributed by atoms with Crippen molar-refractivity contribution in [2.45, 2.75) is 0 Å². The molecule has 0 saturated carbocycles. The highest BCUT2D eigenvalue weighted by Gasteiger charge is 1.86. The number of hydrogen-bond acceptors (Lipinski definition) is 1. The van der Waals surface area contributed by atoms with Gasteiger partial charge in [0.15, 0.2) is 6.20 Å². The van der Waals surface area contributed by atoms with Gasteiger partial charge >= 0.3 is 16.1 Å². The van der Waals surface area contributed by atoms with E-state index in [1.54, 1.807) is 11.3 Å². The maximum absolute atomic E-state index is 3.21. The predicted octanol–water partition coefficient (Wildman–Crippen LogP) is 1.19. The van der Waals surface area contributed by atoms with Gasteiger partial charge in [0.25, 0.3) is 0 Å². The second-order valence-corrected chi connectivity index (χ2v) is 2.45. The van der Waals surface area contributed by atoms with E-state index in [2.05, 4.69) is 16.1 Å². The Morgan fingerprint density at radius 3 is 2.67 bits per heavy atom. The monoisotopic (exact) mass is 164 g/mol. The van der Waals surface area contributed by atoms with Crippen LogP contribution in [0.4, 0.5) is 0 Å². The van der Waals surface area contributed by atoms with Gasteiger partial charge in [-0.25, -0.2) is 0 Å². The Kier molecular flexibility index (Phi) is 1.22. The topological polar surface area (TPSA) is 3.88 Å². The predicted molar refractivity (Wildman–Crippen MR) is 28.8 cm³/mol. The molecule has 0 aliphatic rings. The minimum Gasteiger partial charge on any atom is -0.119 e. The quantitative estimate of drug-likeness (QED) is 0.543. The molecular weight excluding hydrogens is 162 g/mol. The van der Waals surface area contributed by atoms with Gasteiger partial charge in [0.05, 0.1) is 5.38 Å². The summed E-state index contributed by atoms with van der Waals surface area (Å²) in [5.41, 5.74) is 1.96. The molecular formula is C3H3BrNS+. The third-order valence-corrected chi connectivity index (χ3v) is 1.78. The molecule has 0 atom stereocenters. The summed E-state index contributed by atoms with van der Waals surface area (Å²) in [6.45, 7) is 0. The first kappa shape index (κ1) is 4.27. The summed E-state index contributed by atoms with van der Waals surface area (Å²) in [5.74, 6) is 0. The Labute approximate surface area is 48.6 Å². The Hall–Kier alpha value is 0.110. The third kappa shape index (κ3) is 0.786. The van der Waals surface area contributed by atoms with Crippen LogP contribution in [0.5, 0.6) is 0 Å². The molecule has 1 aromatic heterocycles. The van der Waals surface area contributed by atoms with E-state index in [0.29, 0.717) is 0 Å². The van der Waals surface area contributed by atoms with Crippen LogP contribution < -0.4 is 3.59 Å². The minimum absolute atomic E-state index is 1.66. The fourth-order valence-corrected chi connectivity index (χ4v) is 1.24. The van der Waals surface area contributed by atoms with Crippen LogP contribution in [0.25, 0.3) is 0 Å². The first-order chi connectivity index (χ1) is 2.89. The van der Waals surface area contributed by atoms with E-state index >= 15 is 0 Å². The van der Waals surface area contributed by atoms with Crippen LogP contribution in [0.3, 0.4) is 0 Å². The lowest BCUT2D eigenvalue weighted by molar-refractivity contribution is -0.467. The molecule has 0 spiro atoms. The molecule has 0 saturated heterocycles. The van der Waals surface area contributed by atoms with E-state index in [0.717, 1.165) is 0 Å². The van der Waals surface area contributed by atoms with Crippen molar-refractivity contribution in [3.8, 4) is 0 Å². The molecule has 0 aliphatic heterocycles. The molecule has 1 rings (SSSR count). The molecule has 0 amide bonds. The largest absolute Gasteiger partial charge is 0.332 e. The van der Waals surface area contributed by atoms with Crippen LogP contribution in [-0.4, -0.2) is 0 Å². The van der Waals surface area contributed by atoms with Crippen molar-refractivity contribution >= 4 is 27.5 Å². The molecule has 0 bridgehead atoms. The van der Waals surface area contributed by atoms with Crippen LogP contribution in [0.2, 0.25) is 0 Å². The highest BCUT2D eigenvalue weighted by molar-refractivity contribution is 9.04. The van der Waals surface area contributed by atoms with E-state index in [1.807, 2.05) is 20.7 Å². The van der Waals surface area contributed by atoms with Crippen LogP contribution in [-0.2, 0) is 0 Å². The summed E-state index contributed by atoms with van der Waals surface area (Å²) < 4.78 is 1.83. The summed E-state index contributed by atoms with van der Waals surface area (Å²) in [5, 5.41) is 1.99. The Morgan fingerprint density at radius 1 is 1.67 bits per heavy atom. The second-order valence-electron chi connectivity index (χ2n) is 0.871. The molecule has 0 unspecified atom stereocenters. The zero-order chi connectivity index (χ0) is 4.41. The van der Waals surface area contributed by atoms with Gasteiger partial charge < -0.3 is 0 Å². The van der Waals surface area contributed by atoms with Gasteiger partial charge in [0, 0.05) is 0 Å². The molecule has 3 heteroatoms. The van der Waals surface area contributed by atoms with E-state index < -0.39 is 0 Å². The Morgan fingerprint density at radius 2 is 2.50 bits per heavy atom. The zero-order valence-corrected chi connectivity index (χ0v) is 5.37. The summed E-state index contributed by atoms with van der Waals surface area (Å²) in [4.78, 5) is 0. The summed E-state index contributed by atoms with van der Waals surface area (Å²) >= 11 is 4.86. The number of hydrogen-bond donors (Lipinski definition) is 0. The van der Waals surface area contributed by atoms with Crippen LogP contribution in [0.1, 0.15) is 0 Å². The number of halogens is 1. The molecule has 0 N–H and O–H groups in total. The van der Waals surface area contributed by atoms with Crippen LogP contribution >= 0.6 is 27.5 Å². The molecule has 32 valence electrons. The fraction of sp³-hybridized carbons (Fsp3) is 0. The molecule has 0 aliphatic carbocycles. The molecule has 1 aromatic rings. The minimum atomic E-state index is 1.66. The molecule has 0 radical (unpaired) electrons. The van der Waals surface area contributed by atoms with Gasteiger partial charge in [0.1, 0.15) is 0 Å². The smallest absolute Gasteiger partial charge is 0.119 e. The van der Waals surface area contributed by atoms with Crippen molar-refractivity contribution in [1.29, 1.82) is 0 Å². The lowest BCUT2D eigenvalue weighted by atomic mass is 11.0. The molecule has 1 heterocycles. The summed E-state index contributed by atoms with van der Waals surface area (Å²) in [7, 11) is 0. The lowest BCUT2D eigenvalue weighted by Crippen LogP contribution is -2.10. The highest BCUT2D eigenvalue weighted by Crippen LogP contribution is 1.87. The van der Waals surface area contributed by atoms with Crippen molar-refractivity contribution in [3.05, 3.63) is 17.1 Å². The number of thiazole rings is 1. The SMILES string of the molecule is Br[n+]1ccsc1. The zero-order valence-electron chi connectivity index (χ0n) is 2.97. The van der Waals surface area contributed by atoms with Gasteiger partial charge in [-0.15, -0.1) is 3.59 Å². The third-order valence-electron chi connectivity index (χ3n) is 0.443. The maximum Gasteiger partial charge on any atom is 0.332 e. The summed E-state index contributed by atoms with van der Waals surface area (Å²) in [6, 6.07) is 0. The first-order valence-corrected chi connectivity index (χ1v) is 3.14. The van der Waals surface area contributed by atoms with Gasteiger partial charge in [-0.1, -0.05) is 11.3 Å². The van der Waals surface area contributed by atoms with Crippen molar-refractivity contribution in [2.24, 2.45) is 0 Å². The van der Waals surface area contributed by atoms with E-state index in [1.165, 1.54) is 0 Å². The van der Waals surface area contributed by atoms with Crippen molar-refractivity contribution in [3.63, 3.8) is 0 Å². The van der Waals surface area contributed by atoms with Gasteiger partial charge in [-0.2, -0.15) is 0 Å². The van der Waals surface area contributed by atoms with E-state index in [9.17, 15) is 0 Å². The normalized spacial score (nSPS) is 8.83. The molecule has 1 nitrogen and oxygen atoms in total. The van der Waals surface area contributed by atoms with E-state index in [-0.39, 0.29) is 0 Å². The van der Waals surface area contributed by atoms with Gasteiger partial charge in [0.2, 0.25) is 5.51 Å². The fourth-order valence-electron chi connectivity index (χ4n) is 0.222. The average molecular weight is 165 g/mol. The van der Waals surface area contributed by atoms with E-state index in [4.69, 9.17) is 0 Å². The molecule has 6 heavy (non-hydrogen) atoms. The standard InChI is InChI=1S/C3H3BrNS/c4-5-1-2-6-3-5/h1-3H/q+1. The average Bonchev–Trinajstić information content (AvgIpc) is 1.86. The van der Waals surface area contributed by atoms with Gasteiger partial charge in [-0.3, -0.25) is 0 Å². The van der Waals surface area contributed by atoms with Gasteiger partial charge in [-0.05, 0) is 0 Å². The van der Waals surface area contributed by atoms with Crippen molar-refractivity contribution in [1.82, 2.24) is 0 Å². The number of rotatable bonds is 0. The first-order valence-electron chi connectivity index (χ1n) is 1.49. The summed E-state index contributed by atoms with van der Waals surface area (Å²) in [6.07, 6.45) is 1.94. The number of aromatic nitrogens is 1. The number of nitrogens with zero attached hydrogens (tertiary/aromatic N) is 1. The van der Waals surface area contributed by atoms with Crippen LogP contribution in [0.15, 0.2) is 17.1 Å².